The van der Waals surface area contributed by atoms with Crippen LogP contribution in [0.25, 0.3) is 33.3 Å². The quantitative estimate of drug-likeness (QED) is 0.266. The molecule has 0 spiro atoms. The summed E-state index contributed by atoms with van der Waals surface area (Å²) in [7, 11) is 1.69. The summed E-state index contributed by atoms with van der Waals surface area (Å²) in [6, 6.07) is 14.9. The lowest BCUT2D eigenvalue weighted by Crippen LogP contribution is -2.52. The van der Waals surface area contributed by atoms with Gasteiger partial charge in [-0.1, -0.05) is 24.3 Å². The van der Waals surface area contributed by atoms with Crippen LogP contribution in [0, 0.1) is 0 Å². The minimum atomic E-state index is -0.205. The maximum absolute atomic E-state index is 12.1. The second-order valence-electron chi connectivity index (χ2n) is 11.8. The normalized spacial score (nSPS) is 19.3. The van der Waals surface area contributed by atoms with Crippen LogP contribution < -0.4 is 10.5 Å². The molecule has 1 aliphatic carbocycles. The number of benzene rings is 2. The third kappa shape index (κ3) is 5.66. The van der Waals surface area contributed by atoms with Crippen LogP contribution in [0.1, 0.15) is 50.0 Å². The molecule has 0 atom stereocenters. The van der Waals surface area contributed by atoms with Crippen LogP contribution in [0.5, 0.6) is 5.75 Å². The Kier molecular flexibility index (Phi) is 7.97. The van der Waals surface area contributed by atoms with Gasteiger partial charge in [-0.2, -0.15) is 5.10 Å². The van der Waals surface area contributed by atoms with E-state index in [1.165, 1.54) is 6.33 Å². The number of hydrogen-bond donors (Lipinski definition) is 2. The van der Waals surface area contributed by atoms with Crippen LogP contribution in [0.4, 0.5) is 10.6 Å². The molecule has 4 heterocycles. The Morgan fingerprint density at radius 1 is 1.02 bits per heavy atom. The number of aromatic amines is 1. The topological polar surface area (TPSA) is 140 Å². The van der Waals surface area contributed by atoms with Crippen molar-refractivity contribution in [1.29, 1.82) is 0 Å². The zero-order valence-corrected chi connectivity index (χ0v) is 25.8. The van der Waals surface area contributed by atoms with Crippen LogP contribution in [0.2, 0.25) is 0 Å². The number of anilines is 1. The summed E-state index contributed by atoms with van der Waals surface area (Å²) in [6.07, 6.45) is 6.08. The molecule has 5 aromatic rings. The molecule has 7 rings (SSSR count). The fourth-order valence-electron chi connectivity index (χ4n) is 6.93. The minimum Gasteiger partial charge on any atom is -0.496 e. The highest BCUT2D eigenvalue weighted by molar-refractivity contribution is 5.99. The summed E-state index contributed by atoms with van der Waals surface area (Å²) in [5.74, 6) is 2.14. The Balaban J connectivity index is 1.10. The van der Waals surface area contributed by atoms with Crippen molar-refractivity contribution in [1.82, 2.24) is 39.5 Å². The Morgan fingerprint density at radius 3 is 2.58 bits per heavy atom. The van der Waals surface area contributed by atoms with Gasteiger partial charge in [-0.3, -0.25) is 4.90 Å². The molecule has 0 radical (unpaired) electrons. The fraction of sp³-hybridized carbons (Fsp3) is 0.424. The number of carbonyl (C=O) groups excluding carboxylic acids is 1. The van der Waals surface area contributed by atoms with Crippen LogP contribution in [-0.2, 0) is 11.2 Å². The highest BCUT2D eigenvalue weighted by Gasteiger charge is 2.32. The van der Waals surface area contributed by atoms with Gasteiger partial charge in [-0.15, -0.1) is 0 Å². The number of nitrogens with zero attached hydrogens (tertiary/aromatic N) is 7. The molecule has 0 bridgehead atoms. The summed E-state index contributed by atoms with van der Waals surface area (Å²) in [6.45, 7) is 5.44. The lowest BCUT2D eigenvalue weighted by atomic mass is 9.90. The fourth-order valence-corrected chi connectivity index (χ4v) is 6.93. The van der Waals surface area contributed by atoms with Crippen molar-refractivity contribution in [3.8, 4) is 17.0 Å². The first-order valence-corrected chi connectivity index (χ1v) is 15.8. The van der Waals surface area contributed by atoms with E-state index in [2.05, 4.69) is 36.7 Å². The van der Waals surface area contributed by atoms with Gasteiger partial charge in [0.15, 0.2) is 5.65 Å². The van der Waals surface area contributed by atoms with Gasteiger partial charge in [0.1, 0.15) is 29.4 Å². The monoisotopic (exact) mass is 609 g/mol. The highest BCUT2D eigenvalue weighted by atomic mass is 16.6. The van der Waals surface area contributed by atoms with Crippen LogP contribution in [-0.4, -0.2) is 91.5 Å². The van der Waals surface area contributed by atoms with Crippen molar-refractivity contribution in [2.24, 2.45) is 0 Å². The zero-order chi connectivity index (χ0) is 30.9. The van der Waals surface area contributed by atoms with Crippen LogP contribution in [0.15, 0.2) is 48.8 Å². The van der Waals surface area contributed by atoms with Crippen molar-refractivity contribution in [2.75, 3.05) is 45.6 Å². The standard InChI is InChI=1S/C33H39N9O3/c1-3-45-33(43)41-16-14-40(15-17-41)23-9-11-24(12-10-23)42-32-29(31(34)35-20-36-32)30(39-42)22-8-13-25-26(18-22)38-28(37-25)19-21-6-4-5-7-27(21)44-2/h4-8,13,18,20,23-24H,3,9-12,14-17,19H2,1-2H3,(H,37,38)(H2,34,35,36)/t23-,24-. The molecular formula is C33H39N9O3. The number of para-hydroxylation sites is 1. The van der Waals surface area contributed by atoms with E-state index < -0.39 is 0 Å². The molecular weight excluding hydrogens is 570 g/mol. The first-order chi connectivity index (χ1) is 22.0. The first-order valence-electron chi connectivity index (χ1n) is 15.8. The van der Waals surface area contributed by atoms with Gasteiger partial charge in [0.2, 0.25) is 0 Å². The summed E-state index contributed by atoms with van der Waals surface area (Å²) in [4.78, 5) is 33.8. The van der Waals surface area contributed by atoms with Gasteiger partial charge in [-0.05, 0) is 50.8 Å². The number of hydrogen-bond acceptors (Lipinski definition) is 9. The van der Waals surface area contributed by atoms with Crippen molar-refractivity contribution in [2.45, 2.75) is 51.1 Å². The summed E-state index contributed by atoms with van der Waals surface area (Å²) >= 11 is 0. The van der Waals surface area contributed by atoms with Gasteiger partial charge in [0, 0.05) is 49.8 Å². The Labute approximate surface area is 261 Å². The van der Waals surface area contributed by atoms with E-state index in [1.807, 2.05) is 42.2 Å². The third-order valence-electron chi connectivity index (χ3n) is 9.24. The van der Waals surface area contributed by atoms with E-state index in [0.717, 1.165) is 89.2 Å². The van der Waals surface area contributed by atoms with Crippen molar-refractivity contribution < 1.29 is 14.3 Å². The number of carbonyl (C=O) groups is 1. The number of nitrogens with two attached hydrogens (primary N) is 1. The van der Waals surface area contributed by atoms with E-state index in [9.17, 15) is 4.79 Å². The summed E-state index contributed by atoms with van der Waals surface area (Å²) < 4.78 is 12.8. The van der Waals surface area contributed by atoms with E-state index in [4.69, 9.17) is 25.3 Å². The SMILES string of the molecule is CCOC(=O)N1CCN([C@H]2CC[C@H](n3nc(-c4ccc5nc(Cc6ccccc6OC)[nH]c5c4)c4c(N)ncnc43)CC2)CC1. The summed E-state index contributed by atoms with van der Waals surface area (Å²) in [5, 5.41) is 5.92. The minimum absolute atomic E-state index is 0.205. The van der Waals surface area contributed by atoms with Crippen LogP contribution in [0.3, 0.4) is 0 Å². The molecule has 2 fully saturated rings. The second kappa shape index (κ2) is 12.4. The molecule has 2 aromatic carbocycles. The van der Waals surface area contributed by atoms with E-state index in [0.29, 0.717) is 38.0 Å². The number of ether oxygens (including phenoxy) is 2. The first kappa shape index (κ1) is 29.0. The predicted octanol–water partition coefficient (Wildman–Crippen LogP) is 4.81. The molecule has 3 N–H and O–H groups in total. The third-order valence-corrected chi connectivity index (χ3v) is 9.24. The number of rotatable bonds is 7. The molecule has 12 heteroatoms. The maximum Gasteiger partial charge on any atom is 0.409 e. The highest BCUT2D eigenvalue weighted by Crippen LogP contribution is 2.37. The number of aromatic nitrogens is 6. The second-order valence-corrected chi connectivity index (χ2v) is 11.8. The molecule has 1 aliphatic heterocycles. The number of amides is 1. The number of fused-ring (bicyclic) bond motifs is 2. The summed E-state index contributed by atoms with van der Waals surface area (Å²) in [5.41, 5.74) is 11.8. The van der Waals surface area contributed by atoms with E-state index in [-0.39, 0.29) is 12.1 Å². The Morgan fingerprint density at radius 2 is 1.80 bits per heavy atom. The van der Waals surface area contributed by atoms with Crippen molar-refractivity contribution in [3.63, 3.8) is 0 Å². The Hall–Kier alpha value is -4.71. The number of nitrogen functional groups attached to an aromatic ring is 1. The lowest BCUT2D eigenvalue weighted by Gasteiger charge is -2.41. The van der Waals surface area contributed by atoms with Gasteiger partial charge < -0.3 is 25.1 Å². The lowest BCUT2D eigenvalue weighted by molar-refractivity contribution is 0.0540. The smallest absolute Gasteiger partial charge is 0.409 e. The van der Waals surface area contributed by atoms with E-state index >= 15 is 0 Å². The number of H-pyrrole nitrogens is 1. The average molecular weight is 610 g/mol. The molecule has 234 valence electrons. The zero-order valence-electron chi connectivity index (χ0n) is 25.8. The van der Waals surface area contributed by atoms with Gasteiger partial charge >= 0.3 is 6.09 Å². The van der Waals surface area contributed by atoms with E-state index in [1.54, 1.807) is 7.11 Å². The predicted molar refractivity (Wildman–Crippen MR) is 172 cm³/mol. The average Bonchev–Trinajstić information content (AvgIpc) is 3.67. The molecule has 3 aromatic heterocycles. The van der Waals surface area contributed by atoms with Crippen molar-refractivity contribution >= 4 is 34.0 Å². The molecule has 45 heavy (non-hydrogen) atoms. The molecule has 0 unspecified atom stereocenters. The molecule has 1 saturated carbocycles. The Bertz CT molecular complexity index is 1820. The molecule has 12 nitrogen and oxygen atoms in total. The maximum atomic E-state index is 12.1. The number of methoxy groups -OCH3 is 1. The molecule has 2 aliphatic rings. The molecule has 1 saturated heterocycles. The van der Waals surface area contributed by atoms with Gasteiger partial charge in [-0.25, -0.2) is 24.4 Å². The number of imidazole rings is 1. The molecule has 1 amide bonds. The van der Waals surface area contributed by atoms with Crippen molar-refractivity contribution in [3.05, 3.63) is 60.2 Å². The number of piperazine rings is 1. The van der Waals surface area contributed by atoms with Gasteiger partial charge in [0.05, 0.1) is 36.2 Å². The van der Waals surface area contributed by atoms with Crippen LogP contribution >= 0.6 is 0 Å². The number of nitrogens with one attached hydrogen (secondary N) is 1. The largest absolute Gasteiger partial charge is 0.496 e. The van der Waals surface area contributed by atoms with Gasteiger partial charge in [0.25, 0.3) is 0 Å².